The van der Waals surface area contributed by atoms with E-state index in [0.29, 0.717) is 17.5 Å². The molecule has 3 aromatic carbocycles. The number of pyridine rings is 1. The second-order valence-electron chi connectivity index (χ2n) is 7.80. The van der Waals surface area contributed by atoms with E-state index in [1.807, 2.05) is 48.5 Å². The summed E-state index contributed by atoms with van der Waals surface area (Å²) in [7, 11) is 0. The number of aromatic amines is 1. The van der Waals surface area contributed by atoms with Gasteiger partial charge in [-0.2, -0.15) is 13.2 Å². The smallest absolute Gasteiger partial charge is 0.380 e. The highest BCUT2D eigenvalue weighted by atomic mass is 19.4. The second kappa shape index (κ2) is 8.55. The molecule has 0 aliphatic carbocycles. The van der Waals surface area contributed by atoms with Crippen molar-refractivity contribution in [2.24, 2.45) is 0 Å². The molecule has 0 radical (unpaired) electrons. The summed E-state index contributed by atoms with van der Waals surface area (Å²) >= 11 is 0. The Kier molecular flexibility index (Phi) is 5.41. The number of anilines is 2. The number of benzene rings is 3. The molecule has 5 nitrogen and oxygen atoms in total. The highest BCUT2D eigenvalue weighted by Gasteiger charge is 2.30. The van der Waals surface area contributed by atoms with Gasteiger partial charge in [0.05, 0.1) is 16.6 Å². The summed E-state index contributed by atoms with van der Waals surface area (Å²) in [5.41, 5.74) is 2.98. The maximum atomic E-state index is 13.0. The van der Waals surface area contributed by atoms with Gasteiger partial charge in [-0.15, -0.1) is 0 Å². The first-order chi connectivity index (χ1) is 16.4. The number of alkyl halides is 3. The third-order valence-electron chi connectivity index (χ3n) is 5.61. The van der Waals surface area contributed by atoms with Gasteiger partial charge in [0.15, 0.2) is 0 Å². The number of hydrogen-bond acceptors (Lipinski definition) is 3. The molecule has 0 atom stereocenters. The molecule has 1 amide bonds. The number of fused-ring (bicyclic) bond motifs is 2. The average Bonchev–Trinajstić information content (AvgIpc) is 3.27. The Morgan fingerprint density at radius 2 is 1.79 bits per heavy atom. The minimum Gasteiger partial charge on any atom is -0.380 e. The maximum Gasteiger partial charge on any atom is 0.416 e. The van der Waals surface area contributed by atoms with Crippen molar-refractivity contribution in [3.05, 3.63) is 102 Å². The van der Waals surface area contributed by atoms with Crippen LogP contribution in [0.2, 0.25) is 0 Å². The quantitative estimate of drug-likeness (QED) is 0.277. The van der Waals surface area contributed by atoms with Crippen molar-refractivity contribution >= 4 is 39.1 Å². The molecule has 0 bridgehead atoms. The van der Waals surface area contributed by atoms with E-state index in [0.717, 1.165) is 39.8 Å². The number of rotatable bonds is 5. The van der Waals surface area contributed by atoms with E-state index in [4.69, 9.17) is 0 Å². The van der Waals surface area contributed by atoms with E-state index in [1.165, 1.54) is 12.1 Å². The molecule has 0 aliphatic heterocycles. The summed E-state index contributed by atoms with van der Waals surface area (Å²) in [5, 5.41) is 7.66. The van der Waals surface area contributed by atoms with Crippen LogP contribution in [0.5, 0.6) is 0 Å². The van der Waals surface area contributed by atoms with Gasteiger partial charge in [0.1, 0.15) is 0 Å². The first-order valence-corrected chi connectivity index (χ1v) is 10.6. The van der Waals surface area contributed by atoms with Gasteiger partial charge in [-0.05, 0) is 48.0 Å². The number of nitrogens with zero attached hydrogens (tertiary/aromatic N) is 1. The average molecular weight is 460 g/mol. The summed E-state index contributed by atoms with van der Waals surface area (Å²) in [4.78, 5) is 20.5. The molecule has 0 fully saturated rings. The van der Waals surface area contributed by atoms with Crippen molar-refractivity contribution in [1.29, 1.82) is 0 Å². The van der Waals surface area contributed by atoms with E-state index in [-0.39, 0.29) is 5.69 Å². The normalized spacial score (nSPS) is 11.6. The number of nitrogens with one attached hydrogen (secondary N) is 3. The van der Waals surface area contributed by atoms with Crippen LogP contribution in [0.4, 0.5) is 24.5 Å². The number of carbonyl (C=O) groups is 1. The Morgan fingerprint density at radius 1 is 0.971 bits per heavy atom. The molecule has 0 saturated heterocycles. The van der Waals surface area contributed by atoms with Crippen molar-refractivity contribution < 1.29 is 18.0 Å². The van der Waals surface area contributed by atoms with Gasteiger partial charge in [-0.1, -0.05) is 30.3 Å². The van der Waals surface area contributed by atoms with Gasteiger partial charge in [0, 0.05) is 46.6 Å². The van der Waals surface area contributed by atoms with Crippen LogP contribution < -0.4 is 10.6 Å². The van der Waals surface area contributed by atoms with Gasteiger partial charge >= 0.3 is 6.18 Å². The van der Waals surface area contributed by atoms with Crippen molar-refractivity contribution in [3.63, 3.8) is 0 Å². The Morgan fingerprint density at radius 3 is 2.65 bits per heavy atom. The van der Waals surface area contributed by atoms with Gasteiger partial charge in [0.25, 0.3) is 5.91 Å². The number of carbonyl (C=O) groups excluding carboxylic acids is 1. The highest BCUT2D eigenvalue weighted by Crippen LogP contribution is 2.32. The molecule has 2 heterocycles. The lowest BCUT2D eigenvalue weighted by Gasteiger charge is -2.12. The van der Waals surface area contributed by atoms with E-state index < -0.39 is 17.6 Å². The monoisotopic (exact) mass is 460 g/mol. The molecule has 170 valence electrons. The van der Waals surface area contributed by atoms with Crippen LogP contribution in [0.1, 0.15) is 21.5 Å². The third-order valence-corrected chi connectivity index (χ3v) is 5.61. The lowest BCUT2D eigenvalue weighted by molar-refractivity contribution is -0.137. The SMILES string of the molecule is O=C(Nc1cccc(C(F)(F)F)c1)c1c[nH]c2cccc(NCc3ccnc4ccccc34)c12. The summed E-state index contributed by atoms with van der Waals surface area (Å²) in [6, 6.07) is 19.9. The Labute approximate surface area is 192 Å². The lowest BCUT2D eigenvalue weighted by Crippen LogP contribution is -2.13. The number of aromatic nitrogens is 2. The minimum absolute atomic E-state index is 0.0721. The van der Waals surface area contributed by atoms with Gasteiger partial charge in [0.2, 0.25) is 0 Å². The molecule has 3 N–H and O–H groups in total. The number of para-hydroxylation sites is 1. The molecule has 5 rings (SSSR count). The van der Waals surface area contributed by atoms with Crippen molar-refractivity contribution in [2.45, 2.75) is 12.7 Å². The van der Waals surface area contributed by atoms with Crippen LogP contribution in [-0.2, 0) is 12.7 Å². The standard InChI is InChI=1S/C26H19F3N4O/c27-26(28,29)17-5-3-6-18(13-17)33-25(34)20-15-32-23-10-4-9-22(24(20)23)31-14-16-11-12-30-21-8-2-1-7-19(16)21/h1-13,15,31-32H,14H2,(H,33,34). The Hall–Kier alpha value is -4.33. The third kappa shape index (κ3) is 4.17. The Bertz CT molecular complexity index is 1500. The van der Waals surface area contributed by atoms with Crippen LogP contribution in [0.15, 0.2) is 85.2 Å². The molecular weight excluding hydrogens is 441 g/mol. The predicted octanol–water partition coefficient (Wildman–Crippen LogP) is 6.60. The summed E-state index contributed by atoms with van der Waals surface area (Å²) < 4.78 is 39.1. The molecule has 0 spiro atoms. The van der Waals surface area contributed by atoms with E-state index >= 15 is 0 Å². The topological polar surface area (TPSA) is 69.8 Å². The molecule has 34 heavy (non-hydrogen) atoms. The Balaban J connectivity index is 1.43. The minimum atomic E-state index is -4.49. The fourth-order valence-corrected chi connectivity index (χ4v) is 3.98. The number of halogens is 3. The fraction of sp³-hybridized carbons (Fsp3) is 0.0769. The number of amides is 1. The summed E-state index contributed by atoms with van der Waals surface area (Å²) in [6.45, 7) is 0.502. The van der Waals surface area contributed by atoms with Gasteiger partial charge in [-0.3, -0.25) is 9.78 Å². The molecule has 2 aromatic heterocycles. The zero-order valence-electron chi connectivity index (χ0n) is 17.8. The van der Waals surface area contributed by atoms with E-state index in [1.54, 1.807) is 12.4 Å². The molecule has 0 unspecified atom stereocenters. The van der Waals surface area contributed by atoms with Crippen molar-refractivity contribution in [3.8, 4) is 0 Å². The van der Waals surface area contributed by atoms with Crippen LogP contribution in [0.3, 0.4) is 0 Å². The zero-order valence-corrected chi connectivity index (χ0v) is 17.8. The predicted molar refractivity (Wildman–Crippen MR) is 127 cm³/mol. The molecule has 8 heteroatoms. The highest BCUT2D eigenvalue weighted by molar-refractivity contribution is 6.16. The molecule has 5 aromatic rings. The summed E-state index contributed by atoms with van der Waals surface area (Å²) in [6.07, 6.45) is -1.18. The second-order valence-corrected chi connectivity index (χ2v) is 7.80. The van der Waals surface area contributed by atoms with Crippen LogP contribution in [0.25, 0.3) is 21.8 Å². The van der Waals surface area contributed by atoms with Gasteiger partial charge < -0.3 is 15.6 Å². The first kappa shape index (κ1) is 21.5. The molecule has 0 aliphatic rings. The maximum absolute atomic E-state index is 13.0. The largest absolute Gasteiger partial charge is 0.416 e. The van der Waals surface area contributed by atoms with Crippen LogP contribution in [0, 0.1) is 0 Å². The summed E-state index contributed by atoms with van der Waals surface area (Å²) in [5.74, 6) is -0.505. The van der Waals surface area contributed by atoms with Crippen LogP contribution >= 0.6 is 0 Å². The van der Waals surface area contributed by atoms with Gasteiger partial charge in [-0.25, -0.2) is 0 Å². The fourth-order valence-electron chi connectivity index (χ4n) is 3.98. The zero-order chi connectivity index (χ0) is 23.7. The van der Waals surface area contributed by atoms with Crippen LogP contribution in [-0.4, -0.2) is 15.9 Å². The van der Waals surface area contributed by atoms with Crippen molar-refractivity contribution in [2.75, 3.05) is 10.6 Å². The first-order valence-electron chi connectivity index (χ1n) is 10.6. The van der Waals surface area contributed by atoms with E-state index in [2.05, 4.69) is 20.6 Å². The van der Waals surface area contributed by atoms with E-state index in [9.17, 15) is 18.0 Å². The molecular formula is C26H19F3N4O. The van der Waals surface area contributed by atoms with Crippen molar-refractivity contribution in [1.82, 2.24) is 9.97 Å². The molecule has 0 saturated carbocycles. The number of H-pyrrole nitrogens is 1. The lowest BCUT2D eigenvalue weighted by atomic mass is 10.1. The number of hydrogen-bond donors (Lipinski definition) is 3.